The summed E-state index contributed by atoms with van der Waals surface area (Å²) in [5, 5.41) is 16.5. The molecule has 1 unspecified atom stereocenters. The lowest BCUT2D eigenvalue weighted by Gasteiger charge is -2.34. The maximum absolute atomic E-state index is 11.6. The standard InChI is InChI=1S/C22H18ClN3O4/c1-30-19-5-3-2-4-15(19)22(14-8-6-12(20(24)27)10-16(14)23)25-17-9-7-13(21(28)29)11-18(17)26-22/h2-11,25-26H,1H3,(H2,24,27)(H,28,29). The van der Waals surface area contributed by atoms with Crippen molar-refractivity contribution in [2.45, 2.75) is 5.66 Å². The molecule has 0 bridgehead atoms. The van der Waals surface area contributed by atoms with Crippen molar-refractivity contribution in [1.29, 1.82) is 0 Å². The van der Waals surface area contributed by atoms with Crippen LogP contribution in [0.25, 0.3) is 0 Å². The number of primary amides is 1. The Morgan fingerprint density at radius 2 is 1.67 bits per heavy atom. The predicted molar refractivity (Wildman–Crippen MR) is 114 cm³/mol. The average Bonchev–Trinajstić information content (AvgIpc) is 3.12. The second-order valence-corrected chi connectivity index (χ2v) is 7.23. The van der Waals surface area contributed by atoms with Crippen LogP contribution in [-0.2, 0) is 5.66 Å². The van der Waals surface area contributed by atoms with Crippen molar-refractivity contribution in [1.82, 2.24) is 0 Å². The fourth-order valence-electron chi connectivity index (χ4n) is 3.67. The lowest BCUT2D eigenvalue weighted by molar-refractivity contribution is 0.0696. The zero-order valence-corrected chi connectivity index (χ0v) is 16.7. The summed E-state index contributed by atoms with van der Waals surface area (Å²) in [6.07, 6.45) is 0. The number of halogens is 1. The van der Waals surface area contributed by atoms with Gasteiger partial charge in [-0.15, -0.1) is 0 Å². The van der Waals surface area contributed by atoms with Gasteiger partial charge in [0.05, 0.1) is 24.0 Å². The van der Waals surface area contributed by atoms with Crippen molar-refractivity contribution in [3.05, 3.63) is 87.9 Å². The van der Waals surface area contributed by atoms with E-state index in [1.807, 2.05) is 24.3 Å². The van der Waals surface area contributed by atoms with E-state index in [2.05, 4.69) is 10.6 Å². The average molecular weight is 424 g/mol. The van der Waals surface area contributed by atoms with Crippen molar-refractivity contribution < 1.29 is 19.4 Å². The molecule has 152 valence electrons. The van der Waals surface area contributed by atoms with Crippen molar-refractivity contribution in [2.24, 2.45) is 5.73 Å². The Morgan fingerprint density at radius 3 is 2.33 bits per heavy atom. The summed E-state index contributed by atoms with van der Waals surface area (Å²) in [5.74, 6) is -1.02. The predicted octanol–water partition coefficient (Wildman–Crippen LogP) is 3.88. The van der Waals surface area contributed by atoms with Gasteiger partial charge in [0.15, 0.2) is 5.66 Å². The number of rotatable bonds is 5. The van der Waals surface area contributed by atoms with E-state index in [4.69, 9.17) is 22.1 Å². The second-order valence-electron chi connectivity index (χ2n) is 6.82. The van der Waals surface area contributed by atoms with Crippen LogP contribution in [0.2, 0.25) is 5.02 Å². The number of benzene rings is 3. The Kier molecular flexibility index (Phi) is 4.75. The lowest BCUT2D eigenvalue weighted by atomic mass is 9.90. The molecule has 5 N–H and O–H groups in total. The van der Waals surface area contributed by atoms with E-state index in [-0.39, 0.29) is 11.1 Å². The van der Waals surface area contributed by atoms with Gasteiger partial charge < -0.3 is 26.2 Å². The van der Waals surface area contributed by atoms with Crippen LogP contribution in [0.5, 0.6) is 5.75 Å². The van der Waals surface area contributed by atoms with Crippen LogP contribution in [0.15, 0.2) is 60.7 Å². The quantitative estimate of drug-likeness (QED) is 0.495. The van der Waals surface area contributed by atoms with E-state index < -0.39 is 17.5 Å². The Labute approximate surface area is 177 Å². The van der Waals surface area contributed by atoms with Crippen LogP contribution < -0.4 is 21.1 Å². The van der Waals surface area contributed by atoms with E-state index in [1.165, 1.54) is 12.1 Å². The van der Waals surface area contributed by atoms with E-state index in [1.54, 1.807) is 31.4 Å². The number of carboxylic acid groups (broad SMARTS) is 1. The Hall–Kier alpha value is -3.71. The maximum Gasteiger partial charge on any atom is 0.335 e. The number of amides is 1. The number of nitrogens with one attached hydrogen (secondary N) is 2. The van der Waals surface area contributed by atoms with Gasteiger partial charge in [-0.2, -0.15) is 0 Å². The highest BCUT2D eigenvalue weighted by Crippen LogP contribution is 2.48. The molecule has 1 aliphatic heterocycles. The largest absolute Gasteiger partial charge is 0.496 e. The number of carbonyl (C=O) groups excluding carboxylic acids is 1. The number of para-hydroxylation sites is 1. The first-order chi connectivity index (χ1) is 14.4. The minimum atomic E-state index is -1.07. The Morgan fingerprint density at radius 1 is 0.967 bits per heavy atom. The van der Waals surface area contributed by atoms with E-state index in [0.29, 0.717) is 27.7 Å². The fourth-order valence-corrected chi connectivity index (χ4v) is 3.99. The molecule has 1 amide bonds. The molecule has 0 aromatic heterocycles. The number of ether oxygens (including phenoxy) is 1. The molecule has 0 radical (unpaired) electrons. The molecule has 0 spiro atoms. The highest BCUT2D eigenvalue weighted by Gasteiger charge is 2.43. The van der Waals surface area contributed by atoms with Crippen molar-refractivity contribution in [3.8, 4) is 5.75 Å². The number of anilines is 2. The SMILES string of the molecule is COc1ccccc1C1(c2ccc(C(N)=O)cc2Cl)Nc2ccc(C(=O)O)cc2N1. The highest BCUT2D eigenvalue weighted by atomic mass is 35.5. The van der Waals surface area contributed by atoms with Crippen molar-refractivity contribution in [2.75, 3.05) is 17.7 Å². The van der Waals surface area contributed by atoms with E-state index in [0.717, 1.165) is 5.56 Å². The second kappa shape index (κ2) is 7.27. The van der Waals surface area contributed by atoms with Gasteiger partial charge in [-0.1, -0.05) is 35.9 Å². The number of hydrogen-bond donors (Lipinski definition) is 4. The highest BCUT2D eigenvalue weighted by molar-refractivity contribution is 6.32. The monoisotopic (exact) mass is 423 g/mol. The number of hydrogen-bond acceptors (Lipinski definition) is 5. The third kappa shape index (κ3) is 3.09. The van der Waals surface area contributed by atoms with Gasteiger partial charge in [-0.25, -0.2) is 4.79 Å². The minimum Gasteiger partial charge on any atom is -0.496 e. The summed E-state index contributed by atoms with van der Waals surface area (Å²) >= 11 is 6.59. The zero-order chi connectivity index (χ0) is 21.5. The molecule has 0 aliphatic carbocycles. The molecule has 3 aromatic carbocycles. The third-order valence-corrected chi connectivity index (χ3v) is 5.39. The molecule has 30 heavy (non-hydrogen) atoms. The van der Waals surface area contributed by atoms with Crippen molar-refractivity contribution in [3.63, 3.8) is 0 Å². The molecule has 1 atom stereocenters. The number of methoxy groups -OCH3 is 1. The number of nitrogens with two attached hydrogens (primary N) is 1. The molecule has 0 saturated carbocycles. The van der Waals surface area contributed by atoms with Gasteiger partial charge in [0.2, 0.25) is 5.91 Å². The first kappa shape index (κ1) is 19.6. The molecule has 7 nitrogen and oxygen atoms in total. The van der Waals surface area contributed by atoms with Crippen LogP contribution in [0.1, 0.15) is 31.8 Å². The normalized spacial score (nSPS) is 16.9. The van der Waals surface area contributed by atoms with Crippen LogP contribution in [0, 0.1) is 0 Å². The maximum atomic E-state index is 11.6. The van der Waals surface area contributed by atoms with Gasteiger partial charge in [0.25, 0.3) is 0 Å². The lowest BCUT2D eigenvalue weighted by Crippen LogP contribution is -2.40. The summed E-state index contributed by atoms with van der Waals surface area (Å²) in [6.45, 7) is 0. The van der Waals surface area contributed by atoms with Gasteiger partial charge in [0, 0.05) is 21.7 Å². The summed E-state index contributed by atoms with van der Waals surface area (Å²) in [6, 6.07) is 17.0. The smallest absolute Gasteiger partial charge is 0.335 e. The third-order valence-electron chi connectivity index (χ3n) is 5.08. The number of aromatic carboxylic acids is 1. The first-order valence-electron chi connectivity index (χ1n) is 9.03. The molecule has 0 fully saturated rings. The van der Waals surface area contributed by atoms with Crippen molar-refractivity contribution >= 4 is 34.9 Å². The zero-order valence-electron chi connectivity index (χ0n) is 15.9. The summed E-state index contributed by atoms with van der Waals surface area (Å²) in [5.41, 5.74) is 7.38. The van der Waals surface area contributed by atoms with Gasteiger partial charge >= 0.3 is 5.97 Å². The summed E-state index contributed by atoms with van der Waals surface area (Å²) in [4.78, 5) is 23.0. The van der Waals surface area contributed by atoms with E-state index >= 15 is 0 Å². The van der Waals surface area contributed by atoms with Gasteiger partial charge in [0.1, 0.15) is 5.75 Å². The minimum absolute atomic E-state index is 0.147. The van der Waals surface area contributed by atoms with E-state index in [9.17, 15) is 14.7 Å². The topological polar surface area (TPSA) is 114 Å². The fraction of sp³-hybridized carbons (Fsp3) is 0.0909. The van der Waals surface area contributed by atoms with Crippen LogP contribution in [0.4, 0.5) is 11.4 Å². The molecular formula is C22H18ClN3O4. The Balaban J connectivity index is 1.94. The molecule has 1 heterocycles. The summed E-state index contributed by atoms with van der Waals surface area (Å²) < 4.78 is 5.58. The first-order valence-corrected chi connectivity index (χ1v) is 9.40. The Bertz CT molecular complexity index is 1180. The number of carboxylic acids is 1. The molecule has 4 rings (SSSR count). The summed E-state index contributed by atoms with van der Waals surface area (Å²) in [7, 11) is 1.56. The van der Waals surface area contributed by atoms with Crippen LogP contribution >= 0.6 is 11.6 Å². The molecule has 1 aliphatic rings. The van der Waals surface area contributed by atoms with Gasteiger partial charge in [-0.05, 0) is 36.4 Å². The molecule has 3 aromatic rings. The molecule has 8 heteroatoms. The molecular weight excluding hydrogens is 406 g/mol. The number of fused-ring (bicyclic) bond motifs is 1. The molecule has 0 saturated heterocycles. The van der Waals surface area contributed by atoms with Crippen LogP contribution in [0.3, 0.4) is 0 Å². The van der Waals surface area contributed by atoms with Crippen LogP contribution in [-0.4, -0.2) is 24.1 Å². The number of carbonyl (C=O) groups is 2. The van der Waals surface area contributed by atoms with Gasteiger partial charge in [-0.3, -0.25) is 4.79 Å².